The van der Waals surface area contributed by atoms with E-state index in [1.807, 2.05) is 30.3 Å². The highest BCUT2D eigenvalue weighted by Crippen LogP contribution is 2.47. The number of ether oxygens (including phenoxy) is 1. The molecule has 1 aliphatic carbocycles. The largest absolute Gasteiger partial charge is 0.378 e. The average molecular weight is 351 g/mol. The van der Waals surface area contributed by atoms with Crippen LogP contribution in [-0.2, 0) is 10.2 Å². The number of para-hydroxylation sites is 2. The van der Waals surface area contributed by atoms with Crippen molar-refractivity contribution in [2.24, 2.45) is 0 Å². The highest BCUT2D eigenvalue weighted by molar-refractivity contribution is 5.93. The molecule has 5 nitrogen and oxygen atoms in total. The highest BCUT2D eigenvalue weighted by Gasteiger charge is 2.44. The molecule has 2 amide bonds. The van der Waals surface area contributed by atoms with Gasteiger partial charge in [-0.3, -0.25) is 0 Å². The lowest BCUT2D eigenvalue weighted by Crippen LogP contribution is -2.38. The van der Waals surface area contributed by atoms with Gasteiger partial charge in [-0.1, -0.05) is 42.5 Å². The summed E-state index contributed by atoms with van der Waals surface area (Å²) in [4.78, 5) is 14.7. The first-order valence-corrected chi connectivity index (χ1v) is 9.29. The zero-order valence-corrected chi connectivity index (χ0v) is 14.9. The number of benzene rings is 2. The van der Waals surface area contributed by atoms with Crippen molar-refractivity contribution in [2.45, 2.75) is 18.3 Å². The molecule has 2 aliphatic rings. The van der Waals surface area contributed by atoms with Crippen LogP contribution in [0.1, 0.15) is 18.4 Å². The van der Waals surface area contributed by atoms with Crippen molar-refractivity contribution in [3.8, 4) is 0 Å². The van der Waals surface area contributed by atoms with Crippen LogP contribution >= 0.6 is 0 Å². The smallest absolute Gasteiger partial charge is 0.319 e. The molecule has 5 heteroatoms. The Morgan fingerprint density at radius 1 is 1.00 bits per heavy atom. The topological polar surface area (TPSA) is 53.6 Å². The number of rotatable bonds is 5. The molecule has 0 radical (unpaired) electrons. The van der Waals surface area contributed by atoms with E-state index in [1.165, 1.54) is 5.56 Å². The average Bonchev–Trinajstić information content (AvgIpc) is 3.50. The first-order valence-electron chi connectivity index (χ1n) is 9.29. The Kier molecular flexibility index (Phi) is 4.80. The van der Waals surface area contributed by atoms with E-state index in [1.54, 1.807) is 0 Å². The van der Waals surface area contributed by atoms with Crippen LogP contribution in [0.5, 0.6) is 0 Å². The van der Waals surface area contributed by atoms with Crippen LogP contribution in [0, 0.1) is 0 Å². The summed E-state index contributed by atoms with van der Waals surface area (Å²) in [6.07, 6.45) is 2.25. The van der Waals surface area contributed by atoms with Crippen molar-refractivity contribution >= 4 is 17.4 Å². The first kappa shape index (κ1) is 16.9. The number of urea groups is 1. The summed E-state index contributed by atoms with van der Waals surface area (Å²) >= 11 is 0. The van der Waals surface area contributed by atoms with Gasteiger partial charge in [0.25, 0.3) is 0 Å². The van der Waals surface area contributed by atoms with Crippen LogP contribution in [0.15, 0.2) is 54.6 Å². The van der Waals surface area contributed by atoms with Gasteiger partial charge in [0.1, 0.15) is 0 Å². The Bertz CT molecular complexity index is 753. The van der Waals surface area contributed by atoms with Gasteiger partial charge in [-0.25, -0.2) is 4.79 Å². The van der Waals surface area contributed by atoms with Gasteiger partial charge < -0.3 is 20.3 Å². The molecule has 2 fully saturated rings. The van der Waals surface area contributed by atoms with Gasteiger partial charge in [-0.15, -0.1) is 0 Å². The SMILES string of the molecule is O=C(NCC1(c2ccccc2)CC1)Nc1ccccc1N1CCOCC1. The third-order valence-corrected chi connectivity index (χ3v) is 5.33. The number of amides is 2. The van der Waals surface area contributed by atoms with Crippen molar-refractivity contribution < 1.29 is 9.53 Å². The van der Waals surface area contributed by atoms with Gasteiger partial charge in [0, 0.05) is 25.0 Å². The maximum absolute atomic E-state index is 12.5. The molecule has 1 saturated heterocycles. The Morgan fingerprint density at radius 3 is 2.42 bits per heavy atom. The van der Waals surface area contributed by atoms with Crippen LogP contribution in [0.2, 0.25) is 0 Å². The lowest BCUT2D eigenvalue weighted by molar-refractivity contribution is 0.123. The van der Waals surface area contributed by atoms with Gasteiger partial charge in [0.2, 0.25) is 0 Å². The molecule has 2 aromatic carbocycles. The summed E-state index contributed by atoms with van der Waals surface area (Å²) in [5, 5.41) is 6.10. The number of hydrogen-bond acceptors (Lipinski definition) is 3. The van der Waals surface area contributed by atoms with Crippen molar-refractivity contribution in [1.29, 1.82) is 0 Å². The van der Waals surface area contributed by atoms with E-state index in [-0.39, 0.29) is 11.4 Å². The standard InChI is InChI=1S/C21H25N3O2/c25-20(22-16-21(10-11-21)17-6-2-1-3-7-17)23-18-8-4-5-9-19(18)24-12-14-26-15-13-24/h1-9H,10-16H2,(H2,22,23,25). The summed E-state index contributed by atoms with van der Waals surface area (Å²) in [5.41, 5.74) is 3.32. The molecule has 1 heterocycles. The Hall–Kier alpha value is -2.53. The molecule has 1 saturated carbocycles. The second-order valence-electron chi connectivity index (χ2n) is 7.07. The maximum Gasteiger partial charge on any atom is 0.319 e. The van der Waals surface area contributed by atoms with Gasteiger partial charge in [-0.2, -0.15) is 0 Å². The van der Waals surface area contributed by atoms with Gasteiger partial charge >= 0.3 is 6.03 Å². The fourth-order valence-electron chi connectivity index (χ4n) is 3.59. The number of nitrogens with zero attached hydrogens (tertiary/aromatic N) is 1. The minimum atomic E-state index is -0.145. The molecular weight excluding hydrogens is 326 g/mol. The molecule has 0 bridgehead atoms. The lowest BCUT2D eigenvalue weighted by atomic mass is 9.96. The van der Waals surface area contributed by atoms with Crippen LogP contribution < -0.4 is 15.5 Å². The third kappa shape index (κ3) is 3.68. The summed E-state index contributed by atoms with van der Waals surface area (Å²) < 4.78 is 5.43. The molecule has 2 aromatic rings. The van der Waals surface area contributed by atoms with Crippen molar-refractivity contribution in [1.82, 2.24) is 5.32 Å². The second kappa shape index (κ2) is 7.38. The fraction of sp³-hybridized carbons (Fsp3) is 0.381. The minimum absolute atomic E-state index is 0.113. The number of carbonyl (C=O) groups excluding carboxylic acids is 1. The van der Waals surface area contributed by atoms with Gasteiger partial charge in [0.05, 0.1) is 24.6 Å². The third-order valence-electron chi connectivity index (χ3n) is 5.33. The Balaban J connectivity index is 1.38. The number of carbonyl (C=O) groups is 1. The van der Waals surface area contributed by atoms with Crippen molar-refractivity contribution in [2.75, 3.05) is 43.1 Å². The molecular formula is C21H25N3O2. The molecule has 136 valence electrons. The van der Waals surface area contributed by atoms with E-state index in [9.17, 15) is 4.79 Å². The second-order valence-corrected chi connectivity index (χ2v) is 7.07. The van der Waals surface area contributed by atoms with E-state index < -0.39 is 0 Å². The molecule has 0 spiro atoms. The Morgan fingerprint density at radius 2 is 1.69 bits per heavy atom. The molecule has 4 rings (SSSR count). The predicted octanol–water partition coefficient (Wildman–Crippen LogP) is 3.38. The van der Waals surface area contributed by atoms with Crippen molar-refractivity contribution in [3.63, 3.8) is 0 Å². The van der Waals surface area contributed by atoms with Crippen molar-refractivity contribution in [3.05, 3.63) is 60.2 Å². The quantitative estimate of drug-likeness (QED) is 0.868. The van der Waals surface area contributed by atoms with Crippen LogP contribution in [0.3, 0.4) is 0 Å². The number of anilines is 2. The Labute approximate surface area is 154 Å². The normalized spacial score (nSPS) is 18.2. The number of hydrogen-bond donors (Lipinski definition) is 2. The molecule has 2 N–H and O–H groups in total. The summed E-state index contributed by atoms with van der Waals surface area (Å²) in [7, 11) is 0. The van der Waals surface area contributed by atoms with Crippen LogP contribution in [0.25, 0.3) is 0 Å². The predicted molar refractivity (Wildman–Crippen MR) is 104 cm³/mol. The molecule has 0 unspecified atom stereocenters. The van der Waals surface area contributed by atoms with Crippen LogP contribution in [0.4, 0.5) is 16.2 Å². The molecule has 26 heavy (non-hydrogen) atoms. The van der Waals surface area contributed by atoms with E-state index in [0.717, 1.165) is 50.5 Å². The zero-order valence-electron chi connectivity index (χ0n) is 14.9. The highest BCUT2D eigenvalue weighted by atomic mass is 16.5. The van der Waals surface area contributed by atoms with E-state index in [4.69, 9.17) is 4.74 Å². The van der Waals surface area contributed by atoms with Crippen LogP contribution in [-0.4, -0.2) is 38.9 Å². The fourth-order valence-corrected chi connectivity index (χ4v) is 3.59. The van der Waals surface area contributed by atoms with E-state index in [0.29, 0.717) is 6.54 Å². The van der Waals surface area contributed by atoms with Gasteiger partial charge in [-0.05, 0) is 30.5 Å². The zero-order chi connectivity index (χ0) is 17.8. The summed E-state index contributed by atoms with van der Waals surface area (Å²) in [5.74, 6) is 0. The lowest BCUT2D eigenvalue weighted by Gasteiger charge is -2.30. The van der Waals surface area contributed by atoms with E-state index in [2.05, 4.69) is 39.8 Å². The monoisotopic (exact) mass is 351 g/mol. The summed E-state index contributed by atoms with van der Waals surface area (Å²) in [6.45, 7) is 3.80. The number of morpholine rings is 1. The molecule has 0 atom stereocenters. The maximum atomic E-state index is 12.5. The molecule has 1 aliphatic heterocycles. The van der Waals surface area contributed by atoms with Gasteiger partial charge in [0.15, 0.2) is 0 Å². The summed E-state index contributed by atoms with van der Waals surface area (Å²) in [6, 6.07) is 18.3. The molecule has 0 aromatic heterocycles. The number of nitrogens with one attached hydrogen (secondary N) is 2. The minimum Gasteiger partial charge on any atom is -0.378 e. The first-order chi connectivity index (χ1) is 12.8. The van der Waals surface area contributed by atoms with E-state index >= 15 is 0 Å².